The molecule has 1 amide bonds. The predicted octanol–water partition coefficient (Wildman–Crippen LogP) is 0.689. The third-order valence-electron chi connectivity index (χ3n) is 5.35. The van der Waals surface area contributed by atoms with Gasteiger partial charge in [-0.3, -0.25) is 19.8 Å². The van der Waals surface area contributed by atoms with Gasteiger partial charge in [-0.25, -0.2) is 13.1 Å². The van der Waals surface area contributed by atoms with Crippen molar-refractivity contribution in [2.75, 3.05) is 0 Å². The summed E-state index contributed by atoms with van der Waals surface area (Å²) in [6.07, 6.45) is 1.56. The van der Waals surface area contributed by atoms with Crippen molar-refractivity contribution >= 4 is 39.8 Å². The molecule has 0 aliphatic carbocycles. The van der Waals surface area contributed by atoms with E-state index >= 15 is 0 Å². The van der Waals surface area contributed by atoms with Crippen LogP contribution in [0.25, 0.3) is 0 Å². The zero-order valence-corrected chi connectivity index (χ0v) is 21.4. The Hall–Kier alpha value is -3.58. The zero-order chi connectivity index (χ0) is 28.0. The number of benzene rings is 1. The van der Waals surface area contributed by atoms with Gasteiger partial charge in [0.25, 0.3) is 0 Å². The molecule has 0 saturated carbocycles. The first-order chi connectivity index (χ1) is 17.3. The van der Waals surface area contributed by atoms with Crippen LogP contribution in [0.2, 0.25) is 0 Å². The third-order valence-corrected chi connectivity index (χ3v) is 6.71. The lowest BCUT2D eigenvalue weighted by atomic mass is 10.0. The van der Waals surface area contributed by atoms with E-state index < -0.39 is 51.9 Å². The van der Waals surface area contributed by atoms with Crippen LogP contribution in [0.4, 0.5) is 0 Å². The number of rotatable bonds is 19. The molecule has 0 fully saturated rings. The van der Waals surface area contributed by atoms with Crippen LogP contribution in [0.3, 0.4) is 0 Å². The molecule has 2 atom stereocenters. The molecule has 0 unspecified atom stereocenters. The highest BCUT2D eigenvalue weighted by Gasteiger charge is 2.26. The Bertz CT molecular complexity index is 1090. The second kappa shape index (κ2) is 15.5. The zero-order valence-electron chi connectivity index (χ0n) is 20.6. The number of nitrogen functional groups attached to an aromatic ring is 1. The van der Waals surface area contributed by atoms with Gasteiger partial charge in [-0.2, -0.15) is 0 Å². The summed E-state index contributed by atoms with van der Waals surface area (Å²) in [5.74, 6) is -3.06. The van der Waals surface area contributed by atoms with Crippen molar-refractivity contribution in [3.8, 4) is 0 Å². The summed E-state index contributed by atoms with van der Waals surface area (Å²) in [5, 5.41) is 18.9. The summed E-state index contributed by atoms with van der Waals surface area (Å²) >= 11 is 0. The molecule has 13 heteroatoms. The highest BCUT2D eigenvalue weighted by molar-refractivity contribution is 7.88. The molecule has 12 nitrogen and oxygen atoms in total. The van der Waals surface area contributed by atoms with Gasteiger partial charge in [0.05, 0.1) is 17.8 Å². The van der Waals surface area contributed by atoms with Crippen LogP contribution in [-0.4, -0.2) is 55.4 Å². The molecular weight excluding hydrogens is 502 g/mol. The molecule has 0 radical (unpaired) electrons. The lowest BCUT2D eigenvalue weighted by Gasteiger charge is -2.18. The van der Waals surface area contributed by atoms with E-state index in [1.165, 1.54) is 24.3 Å². The van der Waals surface area contributed by atoms with E-state index in [1.54, 1.807) is 0 Å². The summed E-state index contributed by atoms with van der Waals surface area (Å²) in [6.45, 7) is 3.59. The topological polar surface area (TPSA) is 223 Å². The Morgan fingerprint density at radius 1 is 1.03 bits per heavy atom. The van der Waals surface area contributed by atoms with Crippen molar-refractivity contribution in [2.24, 2.45) is 11.5 Å². The van der Waals surface area contributed by atoms with Gasteiger partial charge >= 0.3 is 5.97 Å². The van der Waals surface area contributed by atoms with E-state index in [0.29, 0.717) is 48.8 Å². The largest absolute Gasteiger partial charge is 0.481 e. The Kier molecular flexibility index (Phi) is 13.2. The molecule has 1 aromatic rings. The number of unbranched alkanes of at least 4 members (excludes halogenated alkanes) is 1. The van der Waals surface area contributed by atoms with Crippen molar-refractivity contribution in [2.45, 2.75) is 69.2 Å². The number of carbonyl (C=O) groups is 4. The fourth-order valence-corrected chi connectivity index (χ4v) is 4.79. The quantitative estimate of drug-likeness (QED) is 0.0631. The number of aldehydes is 1. The van der Waals surface area contributed by atoms with Crippen LogP contribution in [-0.2, 0) is 35.0 Å². The number of hydrogen-bond acceptors (Lipinski definition) is 8. The van der Waals surface area contributed by atoms with Gasteiger partial charge in [0.2, 0.25) is 15.9 Å². The fourth-order valence-electron chi connectivity index (χ4n) is 3.39. The van der Waals surface area contributed by atoms with Gasteiger partial charge in [-0.15, -0.1) is 0 Å². The molecule has 8 N–H and O–H groups in total. The number of amides is 1. The molecule has 1 rings (SSSR count). The number of nitrogens with one attached hydrogen (secondary N) is 3. The van der Waals surface area contributed by atoms with Crippen LogP contribution in [0.15, 0.2) is 36.5 Å². The molecule has 0 spiro atoms. The average Bonchev–Trinajstić information content (AvgIpc) is 2.81. The molecule has 37 heavy (non-hydrogen) atoms. The van der Waals surface area contributed by atoms with Crippen molar-refractivity contribution in [3.05, 3.63) is 47.7 Å². The minimum absolute atomic E-state index is 0.173. The first-order valence-electron chi connectivity index (χ1n) is 11.7. The first kappa shape index (κ1) is 31.4. The second-order valence-corrected chi connectivity index (χ2v) is 10.4. The number of carbonyl (C=O) groups excluding carboxylic acids is 3. The van der Waals surface area contributed by atoms with Gasteiger partial charge < -0.3 is 26.7 Å². The van der Waals surface area contributed by atoms with Gasteiger partial charge in [0, 0.05) is 30.5 Å². The lowest BCUT2D eigenvalue weighted by Crippen LogP contribution is -2.42. The number of carboxylic acid groups (broad SMARTS) is 1. The number of sulfonamides is 1. The average molecular weight is 538 g/mol. The summed E-state index contributed by atoms with van der Waals surface area (Å²) in [7, 11) is -4.05. The maximum atomic E-state index is 12.7. The molecule has 204 valence electrons. The highest BCUT2D eigenvalue weighted by Crippen LogP contribution is 2.12. The highest BCUT2D eigenvalue weighted by atomic mass is 32.2. The number of allylic oxidation sites excluding steroid dienone is 1. The predicted molar refractivity (Wildman–Crippen MR) is 138 cm³/mol. The molecule has 0 bridgehead atoms. The first-order valence-corrected chi connectivity index (χ1v) is 13.3. The third kappa shape index (κ3) is 13.3. The molecule has 0 aromatic heterocycles. The maximum absolute atomic E-state index is 12.7. The Morgan fingerprint density at radius 2 is 1.68 bits per heavy atom. The fraction of sp³-hybridized carbons (Fsp3) is 0.458. The number of amidine groups is 1. The minimum Gasteiger partial charge on any atom is -0.481 e. The second-order valence-electron chi connectivity index (χ2n) is 8.65. The molecule has 0 heterocycles. The summed E-state index contributed by atoms with van der Waals surface area (Å²) in [6, 6.07) is 3.86. The summed E-state index contributed by atoms with van der Waals surface area (Å²) < 4.78 is 27.6. The molecule has 0 aliphatic heterocycles. The van der Waals surface area contributed by atoms with Crippen molar-refractivity contribution in [3.63, 3.8) is 0 Å². The number of carboxylic acids is 1. The molecule has 1 aromatic carbocycles. The van der Waals surface area contributed by atoms with Crippen molar-refractivity contribution in [1.29, 1.82) is 5.41 Å². The van der Waals surface area contributed by atoms with Crippen molar-refractivity contribution in [1.82, 2.24) is 10.0 Å². The molecule has 0 saturated heterocycles. The number of hydrogen-bond donors (Lipinski definition) is 6. The number of ketones is 1. The number of aliphatic carboxylic acids is 1. The molecule has 0 aliphatic rings. The van der Waals surface area contributed by atoms with Crippen LogP contribution in [0.1, 0.15) is 62.5 Å². The van der Waals surface area contributed by atoms with Crippen LogP contribution < -0.4 is 21.5 Å². The smallest absolute Gasteiger partial charge is 0.303 e. The number of Topliss-reactive ketones (excluding diaryl/α,β-unsaturated/α-hetero) is 1. The van der Waals surface area contributed by atoms with Gasteiger partial charge in [0.15, 0.2) is 5.78 Å². The standard InChI is InChI=1S/C24H35N5O7S/c1-16(25)4-2-3-5-19(14-30)28-22(32)12-11-21(31)20(10-13-23(33)34)29-37(35,36)15-17-6-8-18(9-7-17)24(26)27/h6-9,14,19-20,29H,1-5,10-13,15,25H2,(H3,26,27)(H,28,32)(H,33,34)/t19-,20-/m0/s1. The van der Waals surface area contributed by atoms with Gasteiger partial charge in [-0.1, -0.05) is 37.3 Å². The van der Waals surface area contributed by atoms with Gasteiger partial charge in [-0.05, 0) is 31.2 Å². The van der Waals surface area contributed by atoms with Crippen LogP contribution in [0.5, 0.6) is 0 Å². The van der Waals surface area contributed by atoms with E-state index in [9.17, 15) is 27.6 Å². The summed E-state index contributed by atoms with van der Waals surface area (Å²) in [5.41, 5.74) is 12.2. The van der Waals surface area contributed by atoms with E-state index in [4.69, 9.17) is 22.0 Å². The van der Waals surface area contributed by atoms with Gasteiger partial charge in [0.1, 0.15) is 12.1 Å². The minimum atomic E-state index is -4.05. The maximum Gasteiger partial charge on any atom is 0.303 e. The Balaban J connectivity index is 2.72. The lowest BCUT2D eigenvalue weighted by molar-refractivity contribution is -0.137. The van der Waals surface area contributed by atoms with Crippen molar-refractivity contribution < 1.29 is 32.7 Å². The van der Waals surface area contributed by atoms with Crippen LogP contribution >= 0.6 is 0 Å². The van der Waals surface area contributed by atoms with Crippen LogP contribution in [0, 0.1) is 5.41 Å². The van der Waals surface area contributed by atoms with E-state index in [1.807, 2.05) is 0 Å². The summed E-state index contributed by atoms with van der Waals surface area (Å²) in [4.78, 5) is 47.2. The van der Waals surface area contributed by atoms with E-state index in [2.05, 4.69) is 16.6 Å². The normalized spacial score (nSPS) is 12.8. The SMILES string of the molecule is C=C(N)CCCC[C@@H](C=O)NC(=O)CCC(=O)[C@H](CCC(=O)O)NS(=O)(=O)Cc1ccc(C(=N)N)cc1. The Labute approximate surface area is 216 Å². The number of nitrogens with two attached hydrogens (primary N) is 2. The monoisotopic (exact) mass is 537 g/mol. The van der Waals surface area contributed by atoms with E-state index in [0.717, 1.165) is 0 Å². The van der Waals surface area contributed by atoms with E-state index in [-0.39, 0.29) is 25.1 Å². The Morgan fingerprint density at radius 3 is 2.22 bits per heavy atom. The molecular formula is C24H35N5O7S.